The van der Waals surface area contributed by atoms with Crippen LogP contribution in [0.1, 0.15) is 51.5 Å². The summed E-state index contributed by atoms with van der Waals surface area (Å²) in [4.78, 5) is 0. The summed E-state index contributed by atoms with van der Waals surface area (Å²) in [6.45, 7) is 4.57. The van der Waals surface area contributed by atoms with Gasteiger partial charge in [-0.2, -0.15) is 0 Å². The fourth-order valence-corrected chi connectivity index (χ4v) is 3.13. The number of halogens is 1. The molecule has 1 aliphatic rings. The first-order chi connectivity index (χ1) is 9.13. The molecule has 0 amide bonds. The minimum Gasteiger partial charge on any atom is -0.311 e. The first kappa shape index (κ1) is 14.5. The summed E-state index contributed by atoms with van der Waals surface area (Å²) in [5.41, 5.74) is 1.09. The molecule has 2 heteroatoms. The molecule has 0 spiro atoms. The van der Waals surface area contributed by atoms with Gasteiger partial charge in [-0.05, 0) is 56.2 Å². The van der Waals surface area contributed by atoms with E-state index in [4.69, 9.17) is 0 Å². The van der Waals surface area contributed by atoms with Gasteiger partial charge in [0.05, 0.1) is 0 Å². The summed E-state index contributed by atoms with van der Waals surface area (Å²) >= 11 is 0. The van der Waals surface area contributed by atoms with Gasteiger partial charge in [-0.1, -0.05) is 31.9 Å². The van der Waals surface area contributed by atoms with Crippen LogP contribution in [0.15, 0.2) is 24.3 Å². The third-order valence-electron chi connectivity index (χ3n) is 4.21. The SMILES string of the molecule is CC1CCCC(NC(C)Cc2cccc(F)c2)CC1. The minimum atomic E-state index is -0.131. The molecule has 1 N–H and O–H groups in total. The van der Waals surface area contributed by atoms with E-state index in [0.717, 1.165) is 17.9 Å². The highest BCUT2D eigenvalue weighted by Crippen LogP contribution is 2.23. The molecule has 106 valence electrons. The van der Waals surface area contributed by atoms with Crippen LogP contribution in [0.2, 0.25) is 0 Å². The summed E-state index contributed by atoms with van der Waals surface area (Å²) in [6, 6.07) is 8.02. The summed E-state index contributed by atoms with van der Waals surface area (Å²) in [7, 11) is 0. The van der Waals surface area contributed by atoms with Crippen molar-refractivity contribution in [3.05, 3.63) is 35.6 Å². The predicted octanol–water partition coefficient (Wildman–Crippen LogP) is 4.32. The average molecular weight is 263 g/mol. The molecule has 3 unspecified atom stereocenters. The van der Waals surface area contributed by atoms with Crippen molar-refractivity contribution >= 4 is 0 Å². The van der Waals surface area contributed by atoms with E-state index in [1.54, 1.807) is 12.1 Å². The summed E-state index contributed by atoms with van der Waals surface area (Å²) in [5.74, 6) is 0.748. The van der Waals surface area contributed by atoms with Crippen molar-refractivity contribution in [1.82, 2.24) is 5.32 Å². The second-order valence-electron chi connectivity index (χ2n) is 6.21. The van der Waals surface area contributed by atoms with Crippen molar-refractivity contribution in [2.75, 3.05) is 0 Å². The van der Waals surface area contributed by atoms with E-state index in [1.807, 2.05) is 6.07 Å². The second-order valence-corrected chi connectivity index (χ2v) is 6.21. The Morgan fingerprint density at radius 1 is 1.26 bits per heavy atom. The maximum absolute atomic E-state index is 13.2. The van der Waals surface area contributed by atoms with E-state index in [-0.39, 0.29) is 5.82 Å². The van der Waals surface area contributed by atoms with E-state index >= 15 is 0 Å². The Morgan fingerprint density at radius 2 is 2.11 bits per heavy atom. The van der Waals surface area contributed by atoms with Crippen molar-refractivity contribution in [3.8, 4) is 0 Å². The van der Waals surface area contributed by atoms with Gasteiger partial charge in [-0.3, -0.25) is 0 Å². The maximum atomic E-state index is 13.2. The van der Waals surface area contributed by atoms with Gasteiger partial charge in [0.2, 0.25) is 0 Å². The lowest BCUT2D eigenvalue weighted by atomic mass is 10.0. The van der Waals surface area contributed by atoms with E-state index in [1.165, 1.54) is 38.2 Å². The van der Waals surface area contributed by atoms with Crippen molar-refractivity contribution in [1.29, 1.82) is 0 Å². The van der Waals surface area contributed by atoms with Crippen LogP contribution in [0.4, 0.5) is 4.39 Å². The Kier molecular flexibility index (Phi) is 5.38. The van der Waals surface area contributed by atoms with Gasteiger partial charge >= 0.3 is 0 Å². The lowest BCUT2D eigenvalue weighted by Gasteiger charge is -2.22. The fourth-order valence-electron chi connectivity index (χ4n) is 3.13. The number of benzene rings is 1. The van der Waals surface area contributed by atoms with E-state index < -0.39 is 0 Å². The smallest absolute Gasteiger partial charge is 0.123 e. The second kappa shape index (κ2) is 7.04. The Balaban J connectivity index is 1.82. The summed E-state index contributed by atoms with van der Waals surface area (Å²) in [5, 5.41) is 3.72. The molecule has 0 aromatic heterocycles. The number of hydrogen-bond acceptors (Lipinski definition) is 1. The molecule has 1 nitrogen and oxygen atoms in total. The highest BCUT2D eigenvalue weighted by atomic mass is 19.1. The monoisotopic (exact) mass is 263 g/mol. The standard InChI is InChI=1S/C17H26FN/c1-13-5-3-8-17(10-9-13)19-14(2)11-15-6-4-7-16(18)12-15/h4,6-7,12-14,17,19H,3,5,8-11H2,1-2H3. The van der Waals surface area contributed by atoms with Crippen molar-refractivity contribution in [2.24, 2.45) is 5.92 Å². The highest BCUT2D eigenvalue weighted by Gasteiger charge is 2.17. The summed E-state index contributed by atoms with van der Waals surface area (Å²) in [6.07, 6.45) is 7.53. The zero-order chi connectivity index (χ0) is 13.7. The molecular formula is C17H26FN. The predicted molar refractivity (Wildman–Crippen MR) is 78.7 cm³/mol. The quantitative estimate of drug-likeness (QED) is 0.798. The molecule has 19 heavy (non-hydrogen) atoms. The molecule has 0 bridgehead atoms. The van der Waals surface area contributed by atoms with E-state index in [0.29, 0.717) is 12.1 Å². The van der Waals surface area contributed by atoms with Gasteiger partial charge < -0.3 is 5.32 Å². The average Bonchev–Trinajstić information content (AvgIpc) is 2.54. The van der Waals surface area contributed by atoms with Crippen LogP contribution >= 0.6 is 0 Å². The van der Waals surface area contributed by atoms with Crippen LogP contribution in [-0.4, -0.2) is 12.1 Å². The maximum Gasteiger partial charge on any atom is 0.123 e. The van der Waals surface area contributed by atoms with Gasteiger partial charge in [0.15, 0.2) is 0 Å². The van der Waals surface area contributed by atoms with Crippen LogP contribution in [0.25, 0.3) is 0 Å². The normalized spacial score (nSPS) is 25.8. The van der Waals surface area contributed by atoms with E-state index in [9.17, 15) is 4.39 Å². The molecule has 1 aromatic carbocycles. The van der Waals surface area contributed by atoms with Gasteiger partial charge in [0, 0.05) is 12.1 Å². The largest absolute Gasteiger partial charge is 0.311 e. The molecule has 1 fully saturated rings. The van der Waals surface area contributed by atoms with Gasteiger partial charge in [-0.15, -0.1) is 0 Å². The highest BCUT2D eigenvalue weighted by molar-refractivity contribution is 5.17. The molecule has 0 radical (unpaired) electrons. The molecule has 3 atom stereocenters. The first-order valence-electron chi connectivity index (χ1n) is 7.64. The van der Waals surface area contributed by atoms with Crippen molar-refractivity contribution in [2.45, 2.75) is 64.5 Å². The molecule has 1 saturated carbocycles. The van der Waals surface area contributed by atoms with Crippen LogP contribution in [0.3, 0.4) is 0 Å². The minimum absolute atomic E-state index is 0.131. The molecule has 1 aromatic rings. The molecule has 0 aliphatic heterocycles. The van der Waals surface area contributed by atoms with E-state index in [2.05, 4.69) is 19.2 Å². The summed E-state index contributed by atoms with van der Waals surface area (Å²) < 4.78 is 13.2. The van der Waals surface area contributed by atoms with Gasteiger partial charge in [0.25, 0.3) is 0 Å². The molecule has 0 heterocycles. The Morgan fingerprint density at radius 3 is 2.89 bits per heavy atom. The lowest BCUT2D eigenvalue weighted by molar-refractivity contribution is 0.400. The molecule has 0 saturated heterocycles. The number of hydrogen-bond donors (Lipinski definition) is 1. The Hall–Kier alpha value is -0.890. The zero-order valence-corrected chi connectivity index (χ0v) is 12.2. The van der Waals surface area contributed by atoms with Crippen molar-refractivity contribution in [3.63, 3.8) is 0 Å². The number of nitrogens with one attached hydrogen (secondary N) is 1. The Bertz CT molecular complexity index is 391. The molecular weight excluding hydrogens is 237 g/mol. The van der Waals surface area contributed by atoms with Crippen molar-refractivity contribution < 1.29 is 4.39 Å². The lowest BCUT2D eigenvalue weighted by Crippen LogP contribution is -2.37. The third kappa shape index (κ3) is 4.94. The van der Waals surface area contributed by atoms with Crippen LogP contribution in [0.5, 0.6) is 0 Å². The molecule has 2 rings (SSSR count). The van der Waals surface area contributed by atoms with Gasteiger partial charge in [0.1, 0.15) is 5.82 Å². The van der Waals surface area contributed by atoms with Gasteiger partial charge in [-0.25, -0.2) is 4.39 Å². The number of rotatable bonds is 4. The first-order valence-corrected chi connectivity index (χ1v) is 7.64. The topological polar surface area (TPSA) is 12.0 Å². The third-order valence-corrected chi connectivity index (χ3v) is 4.21. The molecule has 1 aliphatic carbocycles. The Labute approximate surface area is 116 Å². The zero-order valence-electron chi connectivity index (χ0n) is 12.2. The van der Waals surface area contributed by atoms with Crippen LogP contribution < -0.4 is 5.32 Å². The fraction of sp³-hybridized carbons (Fsp3) is 0.647. The van der Waals surface area contributed by atoms with Crippen LogP contribution in [-0.2, 0) is 6.42 Å². The van der Waals surface area contributed by atoms with Crippen LogP contribution in [0, 0.1) is 11.7 Å².